The Balaban J connectivity index is 1.76. The fourth-order valence-electron chi connectivity index (χ4n) is 3.18. The summed E-state index contributed by atoms with van der Waals surface area (Å²) in [5, 5.41) is 59.3. The van der Waals surface area contributed by atoms with Gasteiger partial charge in [0.1, 0.15) is 35.0 Å². The van der Waals surface area contributed by atoms with E-state index >= 15 is 0 Å². The van der Waals surface area contributed by atoms with Crippen LogP contribution < -0.4 is 10.2 Å². The molecular formula is C20H18O10. The van der Waals surface area contributed by atoms with Crippen LogP contribution in [0, 0.1) is 0 Å². The Morgan fingerprint density at radius 2 is 1.60 bits per heavy atom. The number of benzene rings is 2. The minimum Gasteiger partial charge on any atom is -0.504 e. The Hall–Kier alpha value is -3.15. The van der Waals surface area contributed by atoms with Crippen molar-refractivity contribution >= 4 is 11.0 Å². The van der Waals surface area contributed by atoms with Crippen LogP contribution in [0.3, 0.4) is 0 Å². The van der Waals surface area contributed by atoms with Gasteiger partial charge in [0, 0.05) is 17.7 Å². The van der Waals surface area contributed by atoms with Crippen molar-refractivity contribution in [3.05, 3.63) is 52.7 Å². The topological polar surface area (TPSA) is 170 Å². The van der Waals surface area contributed by atoms with Crippen molar-refractivity contribution < 1.29 is 44.5 Å². The predicted molar refractivity (Wildman–Crippen MR) is 101 cm³/mol. The molecule has 1 fully saturated rings. The quantitative estimate of drug-likeness (QED) is 0.340. The SMILES string of the molecule is O=c1cc(-c2ccccc2)oc2cc(O)c(O[C@@H]3O[C@H](O)[C@@H](O)[C@H](O)[C@H]3O)c(O)c12. The van der Waals surface area contributed by atoms with Crippen molar-refractivity contribution in [3.63, 3.8) is 0 Å². The highest BCUT2D eigenvalue weighted by Crippen LogP contribution is 2.43. The first-order chi connectivity index (χ1) is 14.3. The molecule has 30 heavy (non-hydrogen) atoms. The highest BCUT2D eigenvalue weighted by atomic mass is 16.7. The van der Waals surface area contributed by atoms with Crippen LogP contribution in [0.15, 0.2) is 51.7 Å². The van der Waals surface area contributed by atoms with Crippen LogP contribution in [-0.2, 0) is 4.74 Å². The lowest BCUT2D eigenvalue weighted by molar-refractivity contribution is -0.321. The van der Waals surface area contributed by atoms with Gasteiger partial charge in [-0.3, -0.25) is 4.79 Å². The third-order valence-electron chi connectivity index (χ3n) is 4.76. The molecular weight excluding hydrogens is 400 g/mol. The van der Waals surface area contributed by atoms with Crippen LogP contribution in [-0.4, -0.2) is 61.5 Å². The van der Waals surface area contributed by atoms with Gasteiger partial charge in [-0.05, 0) is 0 Å². The largest absolute Gasteiger partial charge is 0.504 e. The Bertz CT molecular complexity index is 1130. The molecule has 6 N–H and O–H groups in total. The van der Waals surface area contributed by atoms with Crippen molar-refractivity contribution in [2.45, 2.75) is 30.9 Å². The monoisotopic (exact) mass is 418 g/mol. The Morgan fingerprint density at radius 1 is 0.900 bits per heavy atom. The van der Waals surface area contributed by atoms with Gasteiger partial charge < -0.3 is 44.5 Å². The standard InChI is InChI=1S/C20H18O10/c21-9-6-11(8-4-2-1-3-5-8)28-12-7-10(22)18(14(23)13(9)12)29-20-17(26)15(24)16(25)19(27)30-20/h1-7,15-17,19-20,22-27H/t15-,16-,17+,19-,20+/m0/s1. The first-order valence-corrected chi connectivity index (χ1v) is 8.90. The molecule has 1 aliphatic heterocycles. The molecule has 10 heteroatoms. The Labute approximate surface area is 168 Å². The van der Waals surface area contributed by atoms with Crippen LogP contribution in [0.5, 0.6) is 17.2 Å². The summed E-state index contributed by atoms with van der Waals surface area (Å²) in [6, 6.07) is 10.9. The van der Waals surface area contributed by atoms with Gasteiger partial charge in [-0.2, -0.15) is 0 Å². The molecule has 10 nitrogen and oxygen atoms in total. The molecule has 1 aliphatic rings. The van der Waals surface area contributed by atoms with E-state index in [9.17, 15) is 35.4 Å². The average Bonchev–Trinajstić information content (AvgIpc) is 2.73. The fourth-order valence-corrected chi connectivity index (χ4v) is 3.18. The third-order valence-corrected chi connectivity index (χ3v) is 4.76. The molecule has 2 aromatic carbocycles. The smallest absolute Gasteiger partial charge is 0.231 e. The van der Waals surface area contributed by atoms with Gasteiger partial charge >= 0.3 is 0 Å². The molecule has 5 atom stereocenters. The fraction of sp³-hybridized carbons (Fsp3) is 0.250. The molecule has 1 aromatic heterocycles. The summed E-state index contributed by atoms with van der Waals surface area (Å²) in [7, 11) is 0. The molecule has 2 heterocycles. The Morgan fingerprint density at radius 3 is 2.30 bits per heavy atom. The maximum absolute atomic E-state index is 12.6. The van der Waals surface area contributed by atoms with Gasteiger partial charge in [-0.15, -0.1) is 0 Å². The molecule has 0 amide bonds. The van der Waals surface area contributed by atoms with Crippen molar-refractivity contribution in [1.29, 1.82) is 0 Å². The molecule has 158 valence electrons. The van der Waals surface area contributed by atoms with Crippen LogP contribution in [0.1, 0.15) is 0 Å². The molecule has 3 aromatic rings. The van der Waals surface area contributed by atoms with E-state index in [1.165, 1.54) is 0 Å². The molecule has 1 saturated heterocycles. The number of ether oxygens (including phenoxy) is 2. The number of hydrogen-bond donors (Lipinski definition) is 6. The lowest BCUT2D eigenvalue weighted by atomic mass is 10.0. The van der Waals surface area contributed by atoms with E-state index in [4.69, 9.17) is 13.9 Å². The summed E-state index contributed by atoms with van der Waals surface area (Å²) < 4.78 is 15.7. The average molecular weight is 418 g/mol. The lowest BCUT2D eigenvalue weighted by Crippen LogP contribution is -2.59. The highest BCUT2D eigenvalue weighted by Gasteiger charge is 2.45. The van der Waals surface area contributed by atoms with E-state index in [1.807, 2.05) is 0 Å². The van der Waals surface area contributed by atoms with Gasteiger partial charge in [-0.1, -0.05) is 30.3 Å². The highest BCUT2D eigenvalue weighted by molar-refractivity contribution is 5.89. The molecule has 0 saturated carbocycles. The van der Waals surface area contributed by atoms with E-state index in [0.717, 1.165) is 12.1 Å². The molecule has 0 aliphatic carbocycles. The van der Waals surface area contributed by atoms with Crippen LogP contribution in [0.4, 0.5) is 0 Å². The maximum Gasteiger partial charge on any atom is 0.231 e. The van der Waals surface area contributed by atoms with Crippen molar-refractivity contribution in [2.75, 3.05) is 0 Å². The van der Waals surface area contributed by atoms with Crippen LogP contribution in [0.2, 0.25) is 0 Å². The minimum atomic E-state index is -1.89. The maximum atomic E-state index is 12.6. The molecule has 4 rings (SSSR count). The van der Waals surface area contributed by atoms with E-state index in [0.29, 0.717) is 5.56 Å². The summed E-state index contributed by atoms with van der Waals surface area (Å²) >= 11 is 0. The van der Waals surface area contributed by atoms with Crippen LogP contribution in [0.25, 0.3) is 22.3 Å². The van der Waals surface area contributed by atoms with Gasteiger partial charge in [0.05, 0.1) is 0 Å². The molecule has 0 radical (unpaired) electrons. The zero-order chi connectivity index (χ0) is 21.6. The second-order valence-corrected chi connectivity index (χ2v) is 6.77. The first-order valence-electron chi connectivity index (χ1n) is 8.90. The van der Waals surface area contributed by atoms with Crippen molar-refractivity contribution in [3.8, 4) is 28.6 Å². The molecule has 0 unspecified atom stereocenters. The van der Waals surface area contributed by atoms with Crippen LogP contribution >= 0.6 is 0 Å². The number of fused-ring (bicyclic) bond motifs is 1. The minimum absolute atomic E-state index is 0.121. The van der Waals surface area contributed by atoms with E-state index < -0.39 is 53.6 Å². The van der Waals surface area contributed by atoms with Crippen molar-refractivity contribution in [2.24, 2.45) is 0 Å². The number of aromatic hydroxyl groups is 2. The summed E-state index contributed by atoms with van der Waals surface area (Å²) in [5.74, 6) is -1.86. The van der Waals surface area contributed by atoms with E-state index in [1.54, 1.807) is 30.3 Å². The molecule has 0 bridgehead atoms. The summed E-state index contributed by atoms with van der Waals surface area (Å²) in [6.45, 7) is 0. The van der Waals surface area contributed by atoms with Gasteiger partial charge in [0.25, 0.3) is 0 Å². The number of hydrogen-bond acceptors (Lipinski definition) is 10. The zero-order valence-corrected chi connectivity index (χ0v) is 15.2. The number of phenolic OH excluding ortho intramolecular Hbond substituents is 2. The number of aliphatic hydroxyl groups excluding tert-OH is 4. The zero-order valence-electron chi connectivity index (χ0n) is 15.2. The predicted octanol–water partition coefficient (Wildman–Crippen LogP) is 0.00740. The molecule has 0 spiro atoms. The van der Waals surface area contributed by atoms with Gasteiger partial charge in [-0.25, -0.2) is 0 Å². The first kappa shape index (κ1) is 20.1. The Kier molecular flexibility index (Phi) is 5.10. The summed E-state index contributed by atoms with van der Waals surface area (Å²) in [4.78, 5) is 12.6. The van der Waals surface area contributed by atoms with E-state index in [-0.39, 0.29) is 16.7 Å². The third kappa shape index (κ3) is 3.36. The number of aliphatic hydroxyl groups is 4. The lowest BCUT2D eigenvalue weighted by Gasteiger charge is -2.37. The second-order valence-electron chi connectivity index (χ2n) is 6.77. The van der Waals surface area contributed by atoms with E-state index in [2.05, 4.69) is 0 Å². The summed E-state index contributed by atoms with van der Waals surface area (Å²) in [5.41, 5.74) is -0.140. The van der Waals surface area contributed by atoms with Crippen molar-refractivity contribution in [1.82, 2.24) is 0 Å². The second kappa shape index (κ2) is 7.59. The van der Waals surface area contributed by atoms with Gasteiger partial charge in [0.15, 0.2) is 23.2 Å². The summed E-state index contributed by atoms with van der Waals surface area (Å²) in [6.07, 6.45) is -9.08. The van der Waals surface area contributed by atoms with Gasteiger partial charge in [0.2, 0.25) is 12.0 Å². The normalized spacial score (nSPS) is 26.6. The number of phenols is 2. The number of rotatable bonds is 3.